The number of nitrogens with zero attached hydrogens (tertiary/aromatic N) is 3. The predicted molar refractivity (Wildman–Crippen MR) is 76.0 cm³/mol. The van der Waals surface area contributed by atoms with Crippen molar-refractivity contribution in [2.24, 2.45) is 5.73 Å². The summed E-state index contributed by atoms with van der Waals surface area (Å²) in [5, 5.41) is 7.92. The maximum Gasteiger partial charge on any atom is 0.161 e. The molecule has 3 heterocycles. The number of nitrogens with two attached hydrogens (primary N) is 1. The summed E-state index contributed by atoms with van der Waals surface area (Å²) in [6.07, 6.45) is 2.86. The van der Waals surface area contributed by atoms with Gasteiger partial charge in [0.05, 0.1) is 11.0 Å². The van der Waals surface area contributed by atoms with E-state index in [1.165, 1.54) is 0 Å². The van der Waals surface area contributed by atoms with Gasteiger partial charge in [0.2, 0.25) is 0 Å². The molecule has 20 heavy (non-hydrogen) atoms. The molecule has 1 saturated heterocycles. The minimum Gasteiger partial charge on any atom is -0.325 e. The molecule has 0 amide bonds. The highest BCUT2D eigenvalue weighted by atomic mass is 32.2. The van der Waals surface area contributed by atoms with Crippen LogP contribution in [0.2, 0.25) is 0 Å². The van der Waals surface area contributed by atoms with E-state index in [2.05, 4.69) is 10.2 Å². The summed E-state index contributed by atoms with van der Waals surface area (Å²) in [6.45, 7) is 0.375. The highest BCUT2D eigenvalue weighted by molar-refractivity contribution is 7.92. The minimum absolute atomic E-state index is 0.290. The molecule has 7 heteroatoms. The van der Waals surface area contributed by atoms with E-state index < -0.39 is 9.84 Å². The molecule has 0 aromatic carbocycles. The lowest BCUT2D eigenvalue weighted by Crippen LogP contribution is -2.31. The predicted octanol–water partition coefficient (Wildman–Crippen LogP) is 0.698. The molecular formula is C13H18N4O2S. The van der Waals surface area contributed by atoms with E-state index in [4.69, 9.17) is 5.73 Å². The highest BCUT2D eigenvalue weighted by Crippen LogP contribution is 2.23. The van der Waals surface area contributed by atoms with Crippen LogP contribution in [0.4, 0.5) is 0 Å². The van der Waals surface area contributed by atoms with Gasteiger partial charge in [0, 0.05) is 18.7 Å². The van der Waals surface area contributed by atoms with Gasteiger partial charge < -0.3 is 5.73 Å². The van der Waals surface area contributed by atoms with Crippen LogP contribution in [-0.4, -0.2) is 34.0 Å². The highest BCUT2D eigenvalue weighted by Gasteiger charge is 2.30. The Balaban J connectivity index is 1.99. The monoisotopic (exact) mass is 294 g/mol. The van der Waals surface area contributed by atoms with Crippen LogP contribution in [-0.2, 0) is 22.8 Å². The molecule has 1 fully saturated rings. The standard InChI is InChI=1S/C13H18N4O2S/c14-9-10-4-3-6-12-15-16-13(17(10)12)8-11-5-1-2-7-20(11,18)19/h3-4,6,11H,1-2,5,7-9,14H2. The van der Waals surface area contributed by atoms with Gasteiger partial charge in [-0.15, -0.1) is 10.2 Å². The smallest absolute Gasteiger partial charge is 0.161 e. The first-order valence-corrected chi connectivity index (χ1v) is 8.57. The van der Waals surface area contributed by atoms with Crippen molar-refractivity contribution in [1.82, 2.24) is 14.6 Å². The fourth-order valence-electron chi connectivity index (χ4n) is 2.82. The molecule has 0 bridgehead atoms. The van der Waals surface area contributed by atoms with Crippen LogP contribution in [0.3, 0.4) is 0 Å². The summed E-state index contributed by atoms with van der Waals surface area (Å²) in [5.74, 6) is 0.981. The van der Waals surface area contributed by atoms with Gasteiger partial charge in [-0.3, -0.25) is 4.40 Å². The lowest BCUT2D eigenvalue weighted by molar-refractivity contribution is 0.533. The van der Waals surface area contributed by atoms with E-state index >= 15 is 0 Å². The van der Waals surface area contributed by atoms with Crippen molar-refractivity contribution in [3.63, 3.8) is 0 Å². The third-order valence-electron chi connectivity index (χ3n) is 3.91. The lowest BCUT2D eigenvalue weighted by Gasteiger charge is -2.21. The molecule has 0 saturated carbocycles. The van der Waals surface area contributed by atoms with E-state index in [1.807, 2.05) is 22.6 Å². The van der Waals surface area contributed by atoms with Gasteiger partial charge >= 0.3 is 0 Å². The first-order valence-electron chi connectivity index (χ1n) is 6.85. The van der Waals surface area contributed by atoms with Crippen LogP contribution in [0.15, 0.2) is 18.2 Å². The summed E-state index contributed by atoms with van der Waals surface area (Å²) >= 11 is 0. The summed E-state index contributed by atoms with van der Waals surface area (Å²) in [7, 11) is -3.00. The van der Waals surface area contributed by atoms with E-state index in [0.717, 1.165) is 24.2 Å². The fraction of sp³-hybridized carbons (Fsp3) is 0.538. The van der Waals surface area contributed by atoms with Gasteiger partial charge in [0.15, 0.2) is 15.5 Å². The van der Waals surface area contributed by atoms with E-state index in [0.29, 0.717) is 25.2 Å². The molecule has 0 radical (unpaired) electrons. The van der Waals surface area contributed by atoms with Crippen LogP contribution in [0, 0.1) is 0 Å². The van der Waals surface area contributed by atoms with Crippen LogP contribution >= 0.6 is 0 Å². The fourth-order valence-corrected chi connectivity index (χ4v) is 4.69. The van der Waals surface area contributed by atoms with Crippen molar-refractivity contribution in [2.45, 2.75) is 37.5 Å². The van der Waals surface area contributed by atoms with Crippen molar-refractivity contribution in [1.29, 1.82) is 0 Å². The summed E-state index contributed by atoms with van der Waals surface area (Å²) in [5.41, 5.74) is 7.35. The quantitative estimate of drug-likeness (QED) is 0.899. The molecule has 2 N–H and O–H groups in total. The molecule has 2 aromatic heterocycles. The molecule has 3 rings (SSSR count). The Morgan fingerprint density at radius 3 is 2.90 bits per heavy atom. The summed E-state index contributed by atoms with van der Waals surface area (Å²) in [6, 6.07) is 5.65. The summed E-state index contributed by atoms with van der Waals surface area (Å²) in [4.78, 5) is 0. The Labute approximate surface area is 117 Å². The zero-order valence-corrected chi connectivity index (χ0v) is 12.0. The second-order valence-corrected chi connectivity index (χ2v) is 7.62. The molecule has 2 aromatic rings. The van der Waals surface area contributed by atoms with Crippen molar-refractivity contribution in [3.8, 4) is 0 Å². The molecular weight excluding hydrogens is 276 g/mol. The number of sulfone groups is 1. The second-order valence-electron chi connectivity index (χ2n) is 5.22. The lowest BCUT2D eigenvalue weighted by atomic mass is 10.1. The van der Waals surface area contributed by atoms with Crippen molar-refractivity contribution in [2.75, 3.05) is 5.75 Å². The molecule has 1 aliphatic rings. The maximum absolute atomic E-state index is 12.1. The maximum atomic E-state index is 12.1. The van der Waals surface area contributed by atoms with Gasteiger partial charge in [0.1, 0.15) is 5.82 Å². The summed E-state index contributed by atoms with van der Waals surface area (Å²) < 4.78 is 26.1. The molecule has 0 aliphatic carbocycles. The number of hydrogen-bond acceptors (Lipinski definition) is 5. The Morgan fingerprint density at radius 2 is 2.15 bits per heavy atom. The normalized spacial score (nSPS) is 22.1. The first kappa shape index (κ1) is 13.5. The zero-order chi connectivity index (χ0) is 14.2. The van der Waals surface area contributed by atoms with Gasteiger partial charge in [-0.25, -0.2) is 8.42 Å². The van der Waals surface area contributed by atoms with Crippen LogP contribution in [0.25, 0.3) is 5.65 Å². The third kappa shape index (κ3) is 2.31. The average molecular weight is 294 g/mol. The van der Waals surface area contributed by atoms with E-state index in [-0.39, 0.29) is 11.0 Å². The zero-order valence-electron chi connectivity index (χ0n) is 11.2. The van der Waals surface area contributed by atoms with Gasteiger partial charge in [-0.2, -0.15) is 0 Å². The topological polar surface area (TPSA) is 90.3 Å². The van der Waals surface area contributed by atoms with Crippen LogP contribution in [0.1, 0.15) is 30.8 Å². The molecule has 1 aliphatic heterocycles. The Morgan fingerprint density at radius 1 is 1.30 bits per heavy atom. The van der Waals surface area contributed by atoms with Crippen LogP contribution in [0.5, 0.6) is 0 Å². The van der Waals surface area contributed by atoms with Crippen molar-refractivity contribution < 1.29 is 8.42 Å². The SMILES string of the molecule is NCc1cccc2nnc(CC3CCCCS3(=O)=O)n12. The Bertz CT molecular complexity index is 723. The van der Waals surface area contributed by atoms with Gasteiger partial charge in [-0.1, -0.05) is 12.5 Å². The molecule has 108 valence electrons. The number of rotatable bonds is 3. The van der Waals surface area contributed by atoms with Crippen molar-refractivity contribution in [3.05, 3.63) is 29.7 Å². The molecule has 0 spiro atoms. The molecule has 1 atom stereocenters. The Hall–Kier alpha value is -1.47. The van der Waals surface area contributed by atoms with E-state index in [9.17, 15) is 8.42 Å². The van der Waals surface area contributed by atoms with Crippen molar-refractivity contribution >= 4 is 15.5 Å². The van der Waals surface area contributed by atoms with Gasteiger partial charge in [0.25, 0.3) is 0 Å². The number of pyridine rings is 1. The third-order valence-corrected chi connectivity index (χ3v) is 6.18. The number of aromatic nitrogens is 3. The number of fused-ring (bicyclic) bond motifs is 1. The largest absolute Gasteiger partial charge is 0.325 e. The number of hydrogen-bond donors (Lipinski definition) is 1. The Kier molecular flexibility index (Phi) is 3.47. The average Bonchev–Trinajstić information content (AvgIpc) is 2.84. The molecule has 6 nitrogen and oxygen atoms in total. The van der Waals surface area contributed by atoms with Gasteiger partial charge in [-0.05, 0) is 25.0 Å². The minimum atomic E-state index is -3.00. The molecule has 1 unspecified atom stereocenters. The van der Waals surface area contributed by atoms with Crippen LogP contribution < -0.4 is 5.73 Å². The first-order chi connectivity index (χ1) is 9.62. The second kappa shape index (κ2) is 5.14. The van der Waals surface area contributed by atoms with E-state index in [1.54, 1.807) is 0 Å².